The number of aromatic nitrogens is 5. The van der Waals surface area contributed by atoms with E-state index in [4.69, 9.17) is 0 Å². The molecule has 0 atom stereocenters. The van der Waals surface area contributed by atoms with Crippen LogP contribution in [-0.2, 0) is 6.54 Å². The lowest BCUT2D eigenvalue weighted by Gasteiger charge is -2.00. The fourth-order valence-corrected chi connectivity index (χ4v) is 1.99. The summed E-state index contributed by atoms with van der Waals surface area (Å²) in [6.07, 6.45) is 2.08. The molecule has 2 N–H and O–H groups in total. The van der Waals surface area contributed by atoms with E-state index in [1.54, 1.807) is 11.8 Å². The van der Waals surface area contributed by atoms with E-state index in [1.807, 2.05) is 24.6 Å². The van der Waals surface area contributed by atoms with Gasteiger partial charge in [-0.25, -0.2) is 0 Å². The Kier molecular flexibility index (Phi) is 4.24. The minimum absolute atomic E-state index is 0.622. The van der Waals surface area contributed by atoms with Crippen LogP contribution < -0.4 is 5.32 Å². The van der Waals surface area contributed by atoms with Gasteiger partial charge in [-0.15, -0.1) is 5.10 Å². The summed E-state index contributed by atoms with van der Waals surface area (Å²) in [4.78, 5) is 4.38. The summed E-state index contributed by atoms with van der Waals surface area (Å²) in [6, 6.07) is 2.05. The molecule has 0 unspecified atom stereocenters. The third-order valence-corrected chi connectivity index (χ3v) is 3.14. The molecule has 0 saturated carbocycles. The van der Waals surface area contributed by atoms with Gasteiger partial charge in [-0.3, -0.25) is 9.78 Å². The van der Waals surface area contributed by atoms with E-state index in [9.17, 15) is 0 Å². The number of anilines is 1. The quantitative estimate of drug-likeness (QED) is 0.774. The molecule has 0 saturated heterocycles. The van der Waals surface area contributed by atoms with Crippen molar-refractivity contribution in [1.82, 2.24) is 25.0 Å². The van der Waals surface area contributed by atoms with Crippen molar-refractivity contribution in [2.45, 2.75) is 20.4 Å². The molecule has 0 bridgehead atoms. The summed E-state index contributed by atoms with van der Waals surface area (Å²) < 4.78 is 1.92. The van der Waals surface area contributed by atoms with Gasteiger partial charge in [0.05, 0.1) is 5.69 Å². The zero-order chi connectivity index (χ0) is 13.0. The molecule has 2 heterocycles. The lowest BCUT2D eigenvalue weighted by atomic mass is 10.4. The number of hydrogen-bond donors (Lipinski definition) is 2. The summed E-state index contributed by atoms with van der Waals surface area (Å²) >= 11 is 1.79. The van der Waals surface area contributed by atoms with Crippen LogP contribution in [-0.4, -0.2) is 43.5 Å². The lowest BCUT2D eigenvalue weighted by molar-refractivity contribution is 0.634. The Morgan fingerprint density at radius 3 is 2.94 bits per heavy atom. The van der Waals surface area contributed by atoms with Gasteiger partial charge < -0.3 is 5.32 Å². The van der Waals surface area contributed by atoms with Gasteiger partial charge in [-0.2, -0.15) is 21.8 Å². The van der Waals surface area contributed by atoms with Crippen LogP contribution in [0.2, 0.25) is 0 Å². The van der Waals surface area contributed by atoms with Crippen molar-refractivity contribution in [1.29, 1.82) is 0 Å². The van der Waals surface area contributed by atoms with Crippen molar-refractivity contribution in [2.75, 3.05) is 23.9 Å². The molecular formula is C11H18N6S. The number of nitrogens with zero attached hydrogens (tertiary/aromatic N) is 4. The Bertz CT molecular complexity index is 503. The SMILES string of the molecule is CSCCNc1n[nH]c(Cn2nc(C)cc2C)n1. The molecule has 2 aromatic heterocycles. The van der Waals surface area contributed by atoms with Gasteiger partial charge in [-0.05, 0) is 26.2 Å². The monoisotopic (exact) mass is 266 g/mol. The predicted molar refractivity (Wildman–Crippen MR) is 74.1 cm³/mol. The van der Waals surface area contributed by atoms with E-state index >= 15 is 0 Å². The molecular weight excluding hydrogens is 248 g/mol. The first-order valence-corrected chi connectivity index (χ1v) is 7.23. The molecule has 7 heteroatoms. The number of hydrogen-bond acceptors (Lipinski definition) is 5. The van der Waals surface area contributed by atoms with E-state index in [-0.39, 0.29) is 0 Å². The third kappa shape index (κ3) is 3.25. The van der Waals surface area contributed by atoms with Gasteiger partial charge >= 0.3 is 0 Å². The average molecular weight is 266 g/mol. The first-order chi connectivity index (χ1) is 8.69. The van der Waals surface area contributed by atoms with Crippen LogP contribution >= 0.6 is 11.8 Å². The third-order valence-electron chi connectivity index (χ3n) is 2.52. The summed E-state index contributed by atoms with van der Waals surface area (Å²) in [5.74, 6) is 2.51. The predicted octanol–water partition coefficient (Wildman–Crippen LogP) is 1.44. The molecule has 98 valence electrons. The second-order valence-corrected chi connectivity index (χ2v) is 5.10. The second-order valence-electron chi connectivity index (χ2n) is 4.11. The molecule has 0 aromatic carbocycles. The molecule has 0 aliphatic rings. The molecule has 0 fully saturated rings. The highest BCUT2D eigenvalue weighted by atomic mass is 32.2. The smallest absolute Gasteiger partial charge is 0.242 e. The Labute approximate surface area is 111 Å². The zero-order valence-corrected chi connectivity index (χ0v) is 11.7. The minimum Gasteiger partial charge on any atom is -0.352 e. The molecule has 0 aliphatic heterocycles. The molecule has 2 aromatic rings. The summed E-state index contributed by atoms with van der Waals surface area (Å²) in [5, 5.41) is 14.6. The molecule has 2 rings (SSSR count). The zero-order valence-electron chi connectivity index (χ0n) is 10.9. The first kappa shape index (κ1) is 12.9. The standard InChI is InChI=1S/C11H18N6S/c1-8-6-9(2)17(16-8)7-10-13-11(15-14-10)12-4-5-18-3/h6H,4-5,7H2,1-3H3,(H2,12,13,14,15). The van der Waals surface area contributed by atoms with Crippen molar-refractivity contribution < 1.29 is 0 Å². The Hall–Kier alpha value is -1.50. The van der Waals surface area contributed by atoms with Crippen LogP contribution in [0.25, 0.3) is 0 Å². The molecule has 6 nitrogen and oxygen atoms in total. The topological polar surface area (TPSA) is 71.4 Å². The largest absolute Gasteiger partial charge is 0.352 e. The van der Waals surface area contributed by atoms with Crippen molar-refractivity contribution >= 4 is 17.7 Å². The van der Waals surface area contributed by atoms with Crippen LogP contribution in [0.15, 0.2) is 6.07 Å². The number of rotatable bonds is 6. The van der Waals surface area contributed by atoms with Gasteiger partial charge in [0.2, 0.25) is 5.95 Å². The van der Waals surface area contributed by atoms with Crippen LogP contribution in [0.1, 0.15) is 17.2 Å². The maximum atomic E-state index is 4.40. The summed E-state index contributed by atoms with van der Waals surface area (Å²) in [7, 11) is 0. The van der Waals surface area contributed by atoms with Gasteiger partial charge in [0.1, 0.15) is 12.4 Å². The van der Waals surface area contributed by atoms with Crippen LogP contribution in [0.3, 0.4) is 0 Å². The number of H-pyrrole nitrogens is 1. The van der Waals surface area contributed by atoms with E-state index in [2.05, 4.69) is 31.9 Å². The van der Waals surface area contributed by atoms with Gasteiger partial charge in [0.15, 0.2) is 0 Å². The summed E-state index contributed by atoms with van der Waals surface area (Å²) in [5.41, 5.74) is 2.14. The van der Waals surface area contributed by atoms with Gasteiger partial charge in [-0.1, -0.05) is 0 Å². The molecule has 0 amide bonds. The Morgan fingerprint density at radius 1 is 1.44 bits per heavy atom. The van der Waals surface area contributed by atoms with Gasteiger partial charge in [0, 0.05) is 18.0 Å². The highest BCUT2D eigenvalue weighted by Crippen LogP contribution is 2.05. The molecule has 0 spiro atoms. The van der Waals surface area contributed by atoms with Crippen molar-refractivity contribution in [2.24, 2.45) is 0 Å². The highest BCUT2D eigenvalue weighted by Gasteiger charge is 2.06. The van der Waals surface area contributed by atoms with Crippen LogP contribution in [0.5, 0.6) is 0 Å². The Morgan fingerprint density at radius 2 is 2.28 bits per heavy atom. The van der Waals surface area contributed by atoms with E-state index < -0.39 is 0 Å². The molecule has 0 radical (unpaired) electrons. The summed E-state index contributed by atoms with van der Waals surface area (Å²) in [6.45, 7) is 5.52. The average Bonchev–Trinajstić information content (AvgIpc) is 2.88. The van der Waals surface area contributed by atoms with Crippen molar-refractivity contribution in [3.05, 3.63) is 23.3 Å². The van der Waals surface area contributed by atoms with Gasteiger partial charge in [0.25, 0.3) is 0 Å². The highest BCUT2D eigenvalue weighted by molar-refractivity contribution is 7.98. The molecule has 0 aliphatic carbocycles. The number of aromatic amines is 1. The van der Waals surface area contributed by atoms with E-state index in [1.165, 1.54) is 0 Å². The maximum absolute atomic E-state index is 4.40. The van der Waals surface area contributed by atoms with Crippen molar-refractivity contribution in [3.63, 3.8) is 0 Å². The van der Waals surface area contributed by atoms with E-state index in [0.29, 0.717) is 12.5 Å². The second kappa shape index (κ2) is 5.90. The number of thioether (sulfide) groups is 1. The molecule has 18 heavy (non-hydrogen) atoms. The minimum atomic E-state index is 0.622. The van der Waals surface area contributed by atoms with E-state index in [0.717, 1.165) is 29.5 Å². The maximum Gasteiger partial charge on any atom is 0.242 e. The fraction of sp³-hybridized carbons (Fsp3) is 0.545. The lowest BCUT2D eigenvalue weighted by Crippen LogP contribution is -2.06. The first-order valence-electron chi connectivity index (χ1n) is 5.84. The Balaban J connectivity index is 1.96. The fourth-order valence-electron chi connectivity index (χ4n) is 1.69. The van der Waals surface area contributed by atoms with Crippen molar-refractivity contribution in [3.8, 4) is 0 Å². The number of nitrogens with one attached hydrogen (secondary N) is 2. The van der Waals surface area contributed by atoms with Crippen LogP contribution in [0.4, 0.5) is 5.95 Å². The normalized spacial score (nSPS) is 10.8. The number of aryl methyl sites for hydroxylation is 2. The van der Waals surface area contributed by atoms with Crippen LogP contribution in [0, 0.1) is 13.8 Å².